The number of hydrogen-bond donors (Lipinski definition) is 0. The Morgan fingerprint density at radius 1 is 1.28 bits per heavy atom. The Morgan fingerprint density at radius 2 is 2.04 bits per heavy atom. The van der Waals surface area contributed by atoms with Crippen molar-refractivity contribution < 1.29 is 18.0 Å². The number of fused-ring (bicyclic) bond motifs is 1. The molecule has 0 unspecified atom stereocenters. The Labute approximate surface area is 146 Å². The van der Waals surface area contributed by atoms with E-state index in [1.165, 1.54) is 17.8 Å². The van der Waals surface area contributed by atoms with Crippen molar-refractivity contribution in [3.63, 3.8) is 0 Å². The summed E-state index contributed by atoms with van der Waals surface area (Å²) in [5.74, 6) is -0.0937. The van der Waals surface area contributed by atoms with Gasteiger partial charge in [-0.1, -0.05) is 17.8 Å². The highest BCUT2D eigenvalue weighted by Gasteiger charge is 2.30. The molecule has 0 aliphatic heterocycles. The zero-order chi connectivity index (χ0) is 18.2. The molecule has 4 nitrogen and oxygen atoms in total. The fourth-order valence-corrected chi connectivity index (χ4v) is 3.59. The van der Waals surface area contributed by atoms with Crippen LogP contribution in [0.2, 0.25) is 0 Å². The molecule has 3 aromatic heterocycles. The van der Waals surface area contributed by atoms with Crippen LogP contribution in [0.25, 0.3) is 5.52 Å². The van der Waals surface area contributed by atoms with Crippen LogP contribution in [0.3, 0.4) is 0 Å². The first-order valence-electron chi connectivity index (χ1n) is 7.58. The Hall–Kier alpha value is -2.22. The second kappa shape index (κ2) is 6.59. The highest BCUT2D eigenvalue weighted by Crippen LogP contribution is 2.25. The van der Waals surface area contributed by atoms with E-state index in [1.807, 2.05) is 28.8 Å². The van der Waals surface area contributed by atoms with E-state index in [-0.39, 0.29) is 11.5 Å². The molecule has 0 bridgehead atoms. The molecule has 0 aliphatic rings. The average molecular weight is 367 g/mol. The topological polar surface area (TPSA) is 39.3 Å². The molecular formula is C17H16F3N3OS. The summed E-state index contributed by atoms with van der Waals surface area (Å²) in [7, 11) is 0. The van der Waals surface area contributed by atoms with Crippen molar-refractivity contribution in [3.05, 3.63) is 53.6 Å². The number of pyridine rings is 1. The van der Waals surface area contributed by atoms with Crippen molar-refractivity contribution in [1.29, 1.82) is 0 Å². The van der Waals surface area contributed by atoms with E-state index < -0.39 is 12.7 Å². The van der Waals surface area contributed by atoms with Gasteiger partial charge in [0.15, 0.2) is 10.9 Å². The number of aryl methyl sites for hydroxylation is 1. The van der Waals surface area contributed by atoms with Gasteiger partial charge in [-0.05, 0) is 32.0 Å². The van der Waals surface area contributed by atoms with E-state index in [2.05, 4.69) is 4.98 Å². The van der Waals surface area contributed by atoms with Crippen LogP contribution in [0.5, 0.6) is 0 Å². The molecule has 3 heterocycles. The van der Waals surface area contributed by atoms with Crippen molar-refractivity contribution in [3.8, 4) is 0 Å². The highest BCUT2D eigenvalue weighted by atomic mass is 32.2. The predicted molar refractivity (Wildman–Crippen MR) is 90.2 cm³/mol. The van der Waals surface area contributed by atoms with Crippen molar-refractivity contribution >= 4 is 23.1 Å². The number of imidazole rings is 1. The van der Waals surface area contributed by atoms with Crippen molar-refractivity contribution in [2.75, 3.05) is 5.75 Å². The molecule has 3 aromatic rings. The third-order valence-corrected chi connectivity index (χ3v) is 4.92. The van der Waals surface area contributed by atoms with Gasteiger partial charge in [0, 0.05) is 23.1 Å². The minimum atomic E-state index is -4.32. The van der Waals surface area contributed by atoms with E-state index in [4.69, 9.17) is 0 Å². The van der Waals surface area contributed by atoms with Gasteiger partial charge >= 0.3 is 6.18 Å². The van der Waals surface area contributed by atoms with Crippen molar-refractivity contribution in [1.82, 2.24) is 14.0 Å². The van der Waals surface area contributed by atoms with Gasteiger partial charge in [0.05, 0.1) is 17.5 Å². The standard InChI is InChI=1S/C17H16F3N3OS/c1-11-7-14(12(2)23(11)10-17(18,19)20)15(24)9-25-16-21-8-13-5-3-4-6-22(13)16/h3-8H,9-10H2,1-2H3. The number of ketones is 1. The first-order valence-corrected chi connectivity index (χ1v) is 8.56. The van der Waals surface area contributed by atoms with Gasteiger partial charge in [-0.3, -0.25) is 9.20 Å². The number of thioether (sulfide) groups is 1. The van der Waals surface area contributed by atoms with Crippen LogP contribution in [0.1, 0.15) is 21.7 Å². The van der Waals surface area contributed by atoms with E-state index in [1.54, 1.807) is 20.0 Å². The molecule has 0 aliphatic carbocycles. The number of Topliss-reactive ketones (excluding diaryl/α,β-unsaturated/α-hetero) is 1. The lowest BCUT2D eigenvalue weighted by Crippen LogP contribution is -2.19. The number of rotatable bonds is 5. The average Bonchev–Trinajstić information content (AvgIpc) is 3.08. The first-order chi connectivity index (χ1) is 11.8. The SMILES string of the molecule is Cc1cc(C(=O)CSc2ncc3ccccn23)c(C)n1CC(F)(F)F. The summed E-state index contributed by atoms with van der Waals surface area (Å²) in [5, 5.41) is 0.674. The van der Waals surface area contributed by atoms with Crippen molar-refractivity contribution in [2.24, 2.45) is 0 Å². The van der Waals surface area contributed by atoms with Gasteiger partial charge < -0.3 is 4.57 Å². The van der Waals surface area contributed by atoms with Gasteiger partial charge in [0.2, 0.25) is 0 Å². The second-order valence-electron chi connectivity index (χ2n) is 5.73. The minimum Gasteiger partial charge on any atom is -0.339 e. The summed E-state index contributed by atoms with van der Waals surface area (Å²) in [6.45, 7) is 2.03. The van der Waals surface area contributed by atoms with Gasteiger partial charge in [0.1, 0.15) is 6.54 Å². The molecule has 0 saturated heterocycles. The molecule has 3 rings (SSSR count). The molecule has 0 radical (unpaired) electrons. The van der Waals surface area contributed by atoms with Gasteiger partial charge in [0.25, 0.3) is 0 Å². The smallest absolute Gasteiger partial charge is 0.339 e. The summed E-state index contributed by atoms with van der Waals surface area (Å²) in [6, 6.07) is 7.19. The molecule has 25 heavy (non-hydrogen) atoms. The third-order valence-electron chi connectivity index (χ3n) is 3.95. The fourth-order valence-electron chi connectivity index (χ4n) is 2.74. The Bertz CT molecular complexity index is 927. The van der Waals surface area contributed by atoms with Crippen LogP contribution in [0, 0.1) is 13.8 Å². The normalized spacial score (nSPS) is 12.0. The summed E-state index contributed by atoms with van der Waals surface area (Å²) >= 11 is 1.27. The van der Waals surface area contributed by atoms with Crippen molar-refractivity contribution in [2.45, 2.75) is 31.7 Å². The van der Waals surface area contributed by atoms with Crippen LogP contribution in [0.4, 0.5) is 13.2 Å². The molecule has 0 fully saturated rings. The monoisotopic (exact) mass is 367 g/mol. The quantitative estimate of drug-likeness (QED) is 0.499. The zero-order valence-electron chi connectivity index (χ0n) is 13.7. The molecule has 0 aromatic carbocycles. The summed E-state index contributed by atoms with van der Waals surface area (Å²) in [5.41, 5.74) is 2.01. The number of aromatic nitrogens is 3. The first kappa shape index (κ1) is 17.6. The number of alkyl halides is 3. The molecule has 0 amide bonds. The lowest BCUT2D eigenvalue weighted by molar-refractivity contribution is -0.141. The number of halogens is 3. The zero-order valence-corrected chi connectivity index (χ0v) is 14.5. The summed E-state index contributed by atoms with van der Waals surface area (Å²) in [4.78, 5) is 16.7. The van der Waals surface area contributed by atoms with E-state index in [9.17, 15) is 18.0 Å². The van der Waals surface area contributed by atoms with Crippen LogP contribution >= 0.6 is 11.8 Å². The lowest BCUT2D eigenvalue weighted by Gasteiger charge is -2.12. The Balaban J connectivity index is 1.77. The highest BCUT2D eigenvalue weighted by molar-refractivity contribution is 7.99. The molecule has 0 atom stereocenters. The maximum absolute atomic E-state index is 12.7. The number of nitrogens with zero attached hydrogens (tertiary/aromatic N) is 3. The van der Waals surface area contributed by atoms with Gasteiger partial charge in [-0.15, -0.1) is 0 Å². The Morgan fingerprint density at radius 3 is 2.76 bits per heavy atom. The van der Waals surface area contributed by atoms with E-state index in [0.717, 1.165) is 10.1 Å². The maximum Gasteiger partial charge on any atom is 0.406 e. The third kappa shape index (κ3) is 3.73. The van der Waals surface area contributed by atoms with Crippen LogP contribution in [-0.2, 0) is 6.54 Å². The molecule has 132 valence electrons. The van der Waals surface area contributed by atoms with Gasteiger partial charge in [-0.2, -0.15) is 13.2 Å². The number of carbonyl (C=O) groups excluding carboxylic acids is 1. The molecule has 0 spiro atoms. The Kier molecular flexibility index (Phi) is 4.64. The molecule has 0 N–H and O–H groups in total. The molecule has 8 heteroatoms. The minimum absolute atomic E-state index is 0.115. The number of carbonyl (C=O) groups is 1. The van der Waals surface area contributed by atoms with Crippen LogP contribution < -0.4 is 0 Å². The second-order valence-corrected chi connectivity index (χ2v) is 6.68. The van der Waals surface area contributed by atoms with Crippen LogP contribution in [0.15, 0.2) is 41.8 Å². The number of hydrogen-bond acceptors (Lipinski definition) is 3. The summed E-state index contributed by atoms with van der Waals surface area (Å²) in [6.07, 6.45) is -0.759. The fraction of sp³-hybridized carbons (Fsp3) is 0.294. The van der Waals surface area contributed by atoms with E-state index >= 15 is 0 Å². The van der Waals surface area contributed by atoms with Crippen LogP contribution in [-0.4, -0.2) is 31.7 Å². The maximum atomic E-state index is 12.7. The summed E-state index contributed by atoms with van der Waals surface area (Å²) < 4.78 is 41.0. The molecular weight excluding hydrogens is 351 g/mol. The van der Waals surface area contributed by atoms with E-state index in [0.29, 0.717) is 22.1 Å². The lowest BCUT2D eigenvalue weighted by atomic mass is 10.2. The predicted octanol–water partition coefficient (Wildman–Crippen LogP) is 4.29. The largest absolute Gasteiger partial charge is 0.406 e. The molecule has 0 saturated carbocycles. The van der Waals surface area contributed by atoms with Gasteiger partial charge in [-0.25, -0.2) is 4.98 Å².